The fourth-order valence-electron chi connectivity index (χ4n) is 3.07. The lowest BCUT2D eigenvalue weighted by Crippen LogP contribution is -2.41. The standard InChI is InChI=1S/C15H19N5O3/c1-18-12-10(13(21)19(2)15(18)23)5-6-11(17-12)14(22)20-7-3-4-9(20)8-16/h5-6,9H,3-4,7-8,16H2,1-2H3. The number of hydrogen-bond donors (Lipinski definition) is 1. The molecule has 0 aromatic carbocycles. The highest BCUT2D eigenvalue weighted by molar-refractivity contribution is 5.94. The first-order valence-electron chi connectivity index (χ1n) is 7.53. The predicted octanol–water partition coefficient (Wildman–Crippen LogP) is -0.804. The quantitative estimate of drug-likeness (QED) is 0.781. The Bertz CT molecular complexity index is 898. The highest BCUT2D eigenvalue weighted by Crippen LogP contribution is 2.19. The zero-order valence-electron chi connectivity index (χ0n) is 13.2. The summed E-state index contributed by atoms with van der Waals surface area (Å²) in [6, 6.07) is 3.10. The number of fused-ring (bicyclic) bond motifs is 1. The van der Waals surface area contributed by atoms with E-state index >= 15 is 0 Å². The molecule has 1 atom stereocenters. The molecule has 3 rings (SSSR count). The van der Waals surface area contributed by atoms with Gasteiger partial charge in [-0.05, 0) is 25.0 Å². The van der Waals surface area contributed by atoms with Gasteiger partial charge in [-0.3, -0.25) is 18.7 Å². The van der Waals surface area contributed by atoms with E-state index < -0.39 is 11.2 Å². The van der Waals surface area contributed by atoms with Gasteiger partial charge in [0.1, 0.15) is 11.3 Å². The second kappa shape index (κ2) is 5.62. The fourth-order valence-corrected chi connectivity index (χ4v) is 3.07. The Morgan fingerprint density at radius 2 is 2.04 bits per heavy atom. The molecule has 2 aromatic rings. The van der Waals surface area contributed by atoms with Gasteiger partial charge in [-0.2, -0.15) is 0 Å². The molecule has 8 heteroatoms. The zero-order chi connectivity index (χ0) is 16.7. The van der Waals surface area contributed by atoms with Crippen LogP contribution in [-0.2, 0) is 14.1 Å². The Hall–Kier alpha value is -2.48. The van der Waals surface area contributed by atoms with Crippen LogP contribution in [0.5, 0.6) is 0 Å². The van der Waals surface area contributed by atoms with Crippen molar-refractivity contribution in [2.24, 2.45) is 19.8 Å². The van der Waals surface area contributed by atoms with E-state index in [0.717, 1.165) is 17.4 Å². The van der Waals surface area contributed by atoms with Crippen molar-refractivity contribution in [3.63, 3.8) is 0 Å². The number of carbonyl (C=O) groups excluding carboxylic acids is 1. The van der Waals surface area contributed by atoms with E-state index in [1.54, 1.807) is 11.0 Å². The molecule has 1 aliphatic heterocycles. The Kier molecular flexibility index (Phi) is 3.77. The Labute approximate surface area is 132 Å². The molecule has 1 fully saturated rings. The van der Waals surface area contributed by atoms with Gasteiger partial charge < -0.3 is 10.6 Å². The number of nitrogens with zero attached hydrogens (tertiary/aromatic N) is 4. The molecule has 1 aliphatic rings. The first-order valence-corrected chi connectivity index (χ1v) is 7.53. The van der Waals surface area contributed by atoms with Crippen molar-refractivity contribution < 1.29 is 4.79 Å². The number of rotatable bonds is 2. The minimum Gasteiger partial charge on any atom is -0.333 e. The molecule has 0 aliphatic carbocycles. The van der Waals surface area contributed by atoms with Gasteiger partial charge >= 0.3 is 5.69 Å². The van der Waals surface area contributed by atoms with Crippen LogP contribution < -0.4 is 17.0 Å². The summed E-state index contributed by atoms with van der Waals surface area (Å²) in [4.78, 5) is 42.8. The second-order valence-electron chi connectivity index (χ2n) is 5.80. The summed E-state index contributed by atoms with van der Waals surface area (Å²) in [5.41, 5.74) is 5.25. The third kappa shape index (κ3) is 2.35. The number of hydrogen-bond acceptors (Lipinski definition) is 5. The topological polar surface area (TPSA) is 103 Å². The summed E-state index contributed by atoms with van der Waals surface area (Å²) < 4.78 is 2.30. The molecule has 0 spiro atoms. The molecule has 0 saturated carbocycles. The van der Waals surface area contributed by atoms with Crippen LogP contribution in [0.4, 0.5) is 0 Å². The SMILES string of the molecule is Cn1c(=O)c2ccc(C(=O)N3CCCC3CN)nc2n(C)c1=O. The summed E-state index contributed by atoms with van der Waals surface area (Å²) >= 11 is 0. The minimum atomic E-state index is -0.472. The molecule has 2 N–H and O–H groups in total. The third-order valence-electron chi connectivity index (χ3n) is 4.43. The first-order chi connectivity index (χ1) is 11.0. The van der Waals surface area contributed by atoms with Crippen LogP contribution in [0.15, 0.2) is 21.7 Å². The van der Waals surface area contributed by atoms with Crippen LogP contribution in [0.1, 0.15) is 23.3 Å². The van der Waals surface area contributed by atoms with Gasteiger partial charge in [0.2, 0.25) is 0 Å². The molecular formula is C15H19N5O3. The number of aryl methyl sites for hydroxylation is 1. The van der Waals surface area contributed by atoms with Crippen molar-refractivity contribution in [2.75, 3.05) is 13.1 Å². The van der Waals surface area contributed by atoms with Gasteiger partial charge in [0.25, 0.3) is 11.5 Å². The van der Waals surface area contributed by atoms with Crippen molar-refractivity contribution in [3.8, 4) is 0 Å². The van der Waals surface area contributed by atoms with E-state index in [-0.39, 0.29) is 23.3 Å². The van der Waals surface area contributed by atoms with Crippen molar-refractivity contribution in [2.45, 2.75) is 18.9 Å². The maximum absolute atomic E-state index is 12.6. The van der Waals surface area contributed by atoms with E-state index in [0.29, 0.717) is 18.5 Å². The van der Waals surface area contributed by atoms with Crippen LogP contribution in [0.25, 0.3) is 11.0 Å². The molecular weight excluding hydrogens is 298 g/mol. The molecule has 23 heavy (non-hydrogen) atoms. The lowest BCUT2D eigenvalue weighted by molar-refractivity contribution is 0.0735. The molecule has 1 saturated heterocycles. The number of pyridine rings is 1. The lowest BCUT2D eigenvalue weighted by Gasteiger charge is -2.23. The van der Waals surface area contributed by atoms with Gasteiger partial charge in [0, 0.05) is 33.2 Å². The Morgan fingerprint density at radius 1 is 1.30 bits per heavy atom. The average molecular weight is 317 g/mol. The summed E-state index contributed by atoms with van der Waals surface area (Å²) in [7, 11) is 2.95. The highest BCUT2D eigenvalue weighted by atomic mass is 16.2. The molecule has 1 unspecified atom stereocenters. The fraction of sp³-hybridized carbons (Fsp3) is 0.467. The van der Waals surface area contributed by atoms with Gasteiger partial charge in [-0.25, -0.2) is 9.78 Å². The van der Waals surface area contributed by atoms with Gasteiger partial charge in [0.15, 0.2) is 0 Å². The predicted molar refractivity (Wildman–Crippen MR) is 85.3 cm³/mol. The van der Waals surface area contributed by atoms with E-state index in [2.05, 4.69) is 4.98 Å². The van der Waals surface area contributed by atoms with E-state index in [9.17, 15) is 14.4 Å². The Balaban J connectivity index is 2.12. The van der Waals surface area contributed by atoms with Gasteiger partial charge in [0.05, 0.1) is 5.39 Å². The van der Waals surface area contributed by atoms with Gasteiger partial charge in [-0.1, -0.05) is 0 Å². The first kappa shape index (κ1) is 15.4. The molecule has 122 valence electrons. The summed E-state index contributed by atoms with van der Waals surface area (Å²) in [6.45, 7) is 1.06. The van der Waals surface area contributed by atoms with Crippen LogP contribution in [0, 0.1) is 0 Å². The number of amides is 1. The van der Waals surface area contributed by atoms with Crippen LogP contribution in [0.2, 0.25) is 0 Å². The number of carbonyl (C=O) groups is 1. The minimum absolute atomic E-state index is 0.0208. The van der Waals surface area contributed by atoms with Crippen molar-refractivity contribution >= 4 is 16.9 Å². The molecule has 3 heterocycles. The number of likely N-dealkylation sites (tertiary alicyclic amines) is 1. The molecule has 8 nitrogen and oxygen atoms in total. The van der Waals surface area contributed by atoms with Crippen LogP contribution in [0.3, 0.4) is 0 Å². The van der Waals surface area contributed by atoms with E-state index in [1.807, 2.05) is 0 Å². The van der Waals surface area contributed by atoms with Crippen molar-refractivity contribution in [1.82, 2.24) is 19.0 Å². The smallest absolute Gasteiger partial charge is 0.332 e. The molecule has 1 amide bonds. The molecule has 0 radical (unpaired) electrons. The maximum Gasteiger partial charge on any atom is 0.332 e. The number of aromatic nitrogens is 3. The summed E-state index contributed by atoms with van der Waals surface area (Å²) in [5.74, 6) is -0.215. The summed E-state index contributed by atoms with van der Waals surface area (Å²) in [6.07, 6.45) is 1.80. The Morgan fingerprint density at radius 3 is 2.74 bits per heavy atom. The van der Waals surface area contributed by atoms with E-state index in [1.165, 1.54) is 24.7 Å². The third-order valence-corrected chi connectivity index (χ3v) is 4.43. The van der Waals surface area contributed by atoms with Gasteiger partial charge in [-0.15, -0.1) is 0 Å². The highest BCUT2D eigenvalue weighted by Gasteiger charge is 2.29. The monoisotopic (exact) mass is 317 g/mol. The maximum atomic E-state index is 12.6. The largest absolute Gasteiger partial charge is 0.333 e. The zero-order valence-corrected chi connectivity index (χ0v) is 13.2. The molecule has 2 aromatic heterocycles. The van der Waals surface area contributed by atoms with Crippen LogP contribution >= 0.6 is 0 Å². The average Bonchev–Trinajstić information content (AvgIpc) is 3.05. The normalized spacial score (nSPS) is 17.9. The van der Waals surface area contributed by atoms with Crippen molar-refractivity contribution in [1.29, 1.82) is 0 Å². The second-order valence-corrected chi connectivity index (χ2v) is 5.80. The number of nitrogens with two attached hydrogens (primary N) is 1. The lowest BCUT2D eigenvalue weighted by atomic mass is 10.2. The summed E-state index contributed by atoms with van der Waals surface area (Å²) in [5, 5.41) is 0.308. The van der Waals surface area contributed by atoms with Crippen molar-refractivity contribution in [3.05, 3.63) is 38.7 Å². The molecule has 0 bridgehead atoms. The van der Waals surface area contributed by atoms with Crippen LogP contribution in [-0.4, -0.2) is 44.1 Å². The van der Waals surface area contributed by atoms with E-state index in [4.69, 9.17) is 5.73 Å².